The van der Waals surface area contributed by atoms with Gasteiger partial charge >= 0.3 is 0 Å². The van der Waals surface area contributed by atoms with Crippen molar-refractivity contribution in [2.45, 2.75) is 6.61 Å². The molecule has 0 aliphatic carbocycles. The normalized spacial score (nSPS) is 14.1. The van der Waals surface area contributed by atoms with Gasteiger partial charge in [-0.25, -0.2) is 0 Å². The third-order valence-electron chi connectivity index (χ3n) is 2.95. The second-order valence-electron chi connectivity index (χ2n) is 4.50. The molecule has 1 aromatic heterocycles. The average Bonchev–Trinajstić information content (AvgIpc) is 3.08. The topological polar surface area (TPSA) is 51.4 Å². The SMILES string of the molecule is Cn1cc(COc2cccc(C3=NCCN3)c2)cn1. The maximum atomic E-state index is 5.77. The maximum Gasteiger partial charge on any atom is 0.128 e. The summed E-state index contributed by atoms with van der Waals surface area (Å²) >= 11 is 0. The zero-order valence-electron chi connectivity index (χ0n) is 10.8. The average molecular weight is 256 g/mol. The van der Waals surface area contributed by atoms with E-state index < -0.39 is 0 Å². The molecule has 1 aromatic carbocycles. The second kappa shape index (κ2) is 5.14. The molecule has 1 aliphatic heterocycles. The number of benzene rings is 1. The molecule has 0 radical (unpaired) electrons. The van der Waals surface area contributed by atoms with Gasteiger partial charge in [-0.2, -0.15) is 5.10 Å². The van der Waals surface area contributed by atoms with E-state index in [1.165, 1.54) is 0 Å². The number of rotatable bonds is 4. The molecule has 2 aromatic rings. The quantitative estimate of drug-likeness (QED) is 0.898. The Morgan fingerprint density at radius 1 is 1.42 bits per heavy atom. The lowest BCUT2D eigenvalue weighted by molar-refractivity contribution is 0.306. The van der Waals surface area contributed by atoms with Crippen LogP contribution in [0.25, 0.3) is 0 Å². The monoisotopic (exact) mass is 256 g/mol. The van der Waals surface area contributed by atoms with Crippen molar-refractivity contribution in [1.29, 1.82) is 0 Å². The van der Waals surface area contributed by atoms with Gasteiger partial charge < -0.3 is 10.1 Å². The van der Waals surface area contributed by atoms with E-state index in [1.54, 1.807) is 4.68 Å². The number of hydrogen-bond donors (Lipinski definition) is 1. The van der Waals surface area contributed by atoms with E-state index in [4.69, 9.17) is 4.74 Å². The van der Waals surface area contributed by atoms with Gasteiger partial charge in [0.15, 0.2) is 0 Å². The van der Waals surface area contributed by atoms with Crippen molar-refractivity contribution in [3.63, 3.8) is 0 Å². The van der Waals surface area contributed by atoms with Crippen molar-refractivity contribution < 1.29 is 4.74 Å². The molecule has 0 fully saturated rings. The molecule has 0 spiro atoms. The summed E-state index contributed by atoms with van der Waals surface area (Å²) in [5, 5.41) is 7.38. The third-order valence-corrected chi connectivity index (χ3v) is 2.95. The Kier molecular flexibility index (Phi) is 3.18. The van der Waals surface area contributed by atoms with E-state index in [1.807, 2.05) is 43.7 Å². The van der Waals surface area contributed by atoms with Crippen LogP contribution in [-0.2, 0) is 13.7 Å². The highest BCUT2D eigenvalue weighted by atomic mass is 16.5. The number of aromatic nitrogens is 2. The van der Waals surface area contributed by atoms with E-state index >= 15 is 0 Å². The summed E-state index contributed by atoms with van der Waals surface area (Å²) in [6.45, 7) is 2.28. The fourth-order valence-corrected chi connectivity index (χ4v) is 2.04. The molecule has 19 heavy (non-hydrogen) atoms. The Balaban J connectivity index is 1.69. The number of aryl methyl sites for hydroxylation is 1. The summed E-state index contributed by atoms with van der Waals surface area (Å²) in [6, 6.07) is 7.98. The minimum Gasteiger partial charge on any atom is -0.489 e. The standard InChI is InChI=1S/C14H16N4O/c1-18-9-11(8-17-18)10-19-13-4-2-3-12(7-13)14-15-5-6-16-14/h2-4,7-9H,5-6,10H2,1H3,(H,15,16). The highest BCUT2D eigenvalue weighted by molar-refractivity contribution is 6.00. The van der Waals surface area contributed by atoms with Gasteiger partial charge in [0, 0.05) is 30.9 Å². The van der Waals surface area contributed by atoms with Gasteiger partial charge in [0.2, 0.25) is 0 Å². The number of ether oxygens (including phenoxy) is 1. The summed E-state index contributed by atoms with van der Waals surface area (Å²) in [5.74, 6) is 1.80. The van der Waals surface area contributed by atoms with E-state index in [0.29, 0.717) is 6.61 Å². The maximum absolute atomic E-state index is 5.77. The van der Waals surface area contributed by atoms with Crippen LogP contribution in [-0.4, -0.2) is 28.7 Å². The van der Waals surface area contributed by atoms with Crippen molar-refractivity contribution in [3.05, 3.63) is 47.8 Å². The van der Waals surface area contributed by atoms with Gasteiger partial charge in [-0.15, -0.1) is 0 Å². The van der Waals surface area contributed by atoms with Crippen molar-refractivity contribution in [2.24, 2.45) is 12.0 Å². The fourth-order valence-electron chi connectivity index (χ4n) is 2.04. The third kappa shape index (κ3) is 2.76. The largest absolute Gasteiger partial charge is 0.489 e. The van der Waals surface area contributed by atoms with Crippen LogP contribution in [0.2, 0.25) is 0 Å². The number of amidine groups is 1. The summed E-state index contributed by atoms with van der Waals surface area (Å²) < 4.78 is 7.54. The predicted molar refractivity (Wildman–Crippen MR) is 73.4 cm³/mol. The molecule has 0 bridgehead atoms. The molecule has 3 rings (SSSR count). The van der Waals surface area contributed by atoms with Crippen LogP contribution in [0.4, 0.5) is 0 Å². The molecule has 1 aliphatic rings. The van der Waals surface area contributed by atoms with Gasteiger partial charge in [0.25, 0.3) is 0 Å². The molecule has 0 amide bonds. The van der Waals surface area contributed by atoms with Crippen molar-refractivity contribution in [3.8, 4) is 5.75 Å². The smallest absolute Gasteiger partial charge is 0.128 e. The van der Waals surface area contributed by atoms with Gasteiger partial charge in [0.1, 0.15) is 18.2 Å². The minimum atomic E-state index is 0.525. The van der Waals surface area contributed by atoms with E-state index in [-0.39, 0.29) is 0 Å². The summed E-state index contributed by atoms with van der Waals surface area (Å²) in [5.41, 5.74) is 2.13. The zero-order valence-corrected chi connectivity index (χ0v) is 10.8. The van der Waals surface area contributed by atoms with E-state index in [2.05, 4.69) is 15.4 Å². The van der Waals surface area contributed by atoms with Gasteiger partial charge in [0.05, 0.1) is 12.7 Å². The lowest BCUT2D eigenvalue weighted by atomic mass is 10.2. The number of hydrogen-bond acceptors (Lipinski definition) is 4. The zero-order chi connectivity index (χ0) is 13.1. The number of aliphatic imine (C=N–C) groups is 1. The predicted octanol–water partition coefficient (Wildman–Crippen LogP) is 1.35. The Morgan fingerprint density at radius 2 is 2.37 bits per heavy atom. The molecule has 2 heterocycles. The van der Waals surface area contributed by atoms with Gasteiger partial charge in [-0.05, 0) is 12.1 Å². The lowest BCUT2D eigenvalue weighted by Crippen LogP contribution is -2.19. The van der Waals surface area contributed by atoms with Crippen LogP contribution >= 0.6 is 0 Å². The summed E-state index contributed by atoms with van der Waals surface area (Å²) in [6.07, 6.45) is 3.76. The van der Waals surface area contributed by atoms with E-state index in [9.17, 15) is 0 Å². The first kappa shape index (κ1) is 11.8. The molecule has 0 unspecified atom stereocenters. The van der Waals surface area contributed by atoms with Crippen LogP contribution < -0.4 is 10.1 Å². The van der Waals surface area contributed by atoms with Gasteiger partial charge in [-0.3, -0.25) is 9.67 Å². The highest BCUT2D eigenvalue weighted by Crippen LogP contribution is 2.16. The van der Waals surface area contributed by atoms with Crippen LogP contribution in [0, 0.1) is 0 Å². The molecule has 5 heteroatoms. The Bertz CT molecular complexity index is 603. The number of nitrogens with one attached hydrogen (secondary N) is 1. The Morgan fingerprint density at radius 3 is 3.11 bits per heavy atom. The minimum absolute atomic E-state index is 0.525. The first-order chi connectivity index (χ1) is 9.31. The van der Waals surface area contributed by atoms with Crippen LogP contribution in [0.1, 0.15) is 11.1 Å². The van der Waals surface area contributed by atoms with Crippen LogP contribution in [0.5, 0.6) is 5.75 Å². The first-order valence-corrected chi connectivity index (χ1v) is 6.30. The van der Waals surface area contributed by atoms with Crippen LogP contribution in [0.15, 0.2) is 41.7 Å². The highest BCUT2D eigenvalue weighted by Gasteiger charge is 2.08. The lowest BCUT2D eigenvalue weighted by Gasteiger charge is -2.07. The molecule has 5 nitrogen and oxygen atoms in total. The first-order valence-electron chi connectivity index (χ1n) is 6.30. The van der Waals surface area contributed by atoms with E-state index in [0.717, 1.165) is 35.8 Å². The van der Waals surface area contributed by atoms with Crippen molar-refractivity contribution in [2.75, 3.05) is 13.1 Å². The molecule has 98 valence electrons. The summed E-state index contributed by atoms with van der Waals surface area (Å²) in [4.78, 5) is 4.41. The Hall–Kier alpha value is -2.30. The Labute approximate surface area is 111 Å². The molecular formula is C14H16N4O. The second-order valence-corrected chi connectivity index (χ2v) is 4.50. The van der Waals surface area contributed by atoms with Crippen LogP contribution in [0.3, 0.4) is 0 Å². The molecule has 1 N–H and O–H groups in total. The van der Waals surface area contributed by atoms with Crippen molar-refractivity contribution >= 4 is 5.84 Å². The fraction of sp³-hybridized carbons (Fsp3) is 0.286. The summed E-state index contributed by atoms with van der Waals surface area (Å²) in [7, 11) is 1.90. The van der Waals surface area contributed by atoms with Crippen molar-refractivity contribution in [1.82, 2.24) is 15.1 Å². The number of nitrogens with zero attached hydrogens (tertiary/aromatic N) is 3. The molecule has 0 atom stereocenters. The molecule has 0 saturated heterocycles. The molecule has 0 saturated carbocycles. The van der Waals surface area contributed by atoms with Gasteiger partial charge in [-0.1, -0.05) is 12.1 Å². The molecular weight excluding hydrogens is 240 g/mol.